The Hall–Kier alpha value is -1.85. The minimum Gasteiger partial charge on any atom is -0.360 e. The molecule has 2 aromatic rings. The third-order valence-electron chi connectivity index (χ3n) is 4.32. The van der Waals surface area contributed by atoms with E-state index in [1.54, 1.807) is 13.8 Å². The molecule has 1 fully saturated rings. The third kappa shape index (κ3) is 3.64. The van der Waals surface area contributed by atoms with Gasteiger partial charge in [0, 0.05) is 13.1 Å². The van der Waals surface area contributed by atoms with Crippen LogP contribution in [0.4, 0.5) is 5.13 Å². The molecule has 1 aliphatic heterocycles. The Morgan fingerprint density at radius 2 is 2.15 bits per heavy atom. The molecule has 9 nitrogen and oxygen atoms in total. The van der Waals surface area contributed by atoms with E-state index in [4.69, 9.17) is 4.52 Å². The van der Waals surface area contributed by atoms with E-state index >= 15 is 0 Å². The van der Waals surface area contributed by atoms with Crippen LogP contribution in [0.3, 0.4) is 0 Å². The molecule has 1 N–H and O–H groups in total. The summed E-state index contributed by atoms with van der Waals surface area (Å²) < 4.78 is 32.2. The highest BCUT2D eigenvalue weighted by Gasteiger charge is 2.36. The van der Waals surface area contributed by atoms with Crippen molar-refractivity contribution in [3.05, 3.63) is 16.5 Å². The maximum atomic E-state index is 12.9. The van der Waals surface area contributed by atoms with Gasteiger partial charge in [0.05, 0.1) is 5.92 Å². The van der Waals surface area contributed by atoms with E-state index in [2.05, 4.69) is 20.7 Å². The Balaban J connectivity index is 1.73. The number of carbonyl (C=O) groups is 1. The summed E-state index contributed by atoms with van der Waals surface area (Å²) in [4.78, 5) is 12.6. The molecule has 0 radical (unpaired) electrons. The van der Waals surface area contributed by atoms with E-state index in [1.165, 1.54) is 15.6 Å². The lowest BCUT2D eigenvalue weighted by Gasteiger charge is -2.30. The predicted molar refractivity (Wildman–Crippen MR) is 95.4 cm³/mol. The average Bonchev–Trinajstić information content (AvgIpc) is 3.21. The standard InChI is InChI=1S/C15H21N5O4S2/c1-4-12-17-18-15(25-12)16-14(21)11-6-5-7-20(8-11)26(22,23)13-9(2)19-24-10(13)3/h11H,4-8H2,1-3H3,(H,16,18,21). The number of piperidine rings is 1. The van der Waals surface area contributed by atoms with E-state index in [1.807, 2.05) is 6.92 Å². The molecule has 26 heavy (non-hydrogen) atoms. The predicted octanol–water partition coefficient (Wildman–Crippen LogP) is 1.74. The Bertz CT molecular complexity index is 886. The van der Waals surface area contributed by atoms with Gasteiger partial charge < -0.3 is 9.84 Å². The van der Waals surface area contributed by atoms with Crippen LogP contribution in [0.15, 0.2) is 9.42 Å². The van der Waals surface area contributed by atoms with Crippen molar-refractivity contribution >= 4 is 32.4 Å². The summed E-state index contributed by atoms with van der Waals surface area (Å²) in [6.45, 7) is 5.62. The van der Waals surface area contributed by atoms with Gasteiger partial charge in [-0.15, -0.1) is 10.2 Å². The fourth-order valence-electron chi connectivity index (χ4n) is 3.00. The molecule has 142 valence electrons. The molecular formula is C15H21N5O4S2. The first-order valence-corrected chi connectivity index (χ1v) is 10.6. The highest BCUT2D eigenvalue weighted by Crippen LogP contribution is 2.28. The van der Waals surface area contributed by atoms with Gasteiger partial charge in [0.25, 0.3) is 0 Å². The van der Waals surface area contributed by atoms with Gasteiger partial charge >= 0.3 is 0 Å². The number of hydrogen-bond donors (Lipinski definition) is 1. The summed E-state index contributed by atoms with van der Waals surface area (Å²) in [5.74, 6) is -0.412. The van der Waals surface area contributed by atoms with Crippen molar-refractivity contribution < 1.29 is 17.7 Å². The summed E-state index contributed by atoms with van der Waals surface area (Å²) >= 11 is 1.33. The summed E-state index contributed by atoms with van der Waals surface area (Å²) in [6.07, 6.45) is 1.98. The second-order valence-electron chi connectivity index (χ2n) is 6.20. The number of aryl methyl sites for hydroxylation is 3. The van der Waals surface area contributed by atoms with Gasteiger partial charge in [-0.1, -0.05) is 23.4 Å². The molecule has 3 rings (SSSR count). The van der Waals surface area contributed by atoms with Crippen LogP contribution in [0.5, 0.6) is 0 Å². The lowest BCUT2D eigenvalue weighted by atomic mass is 9.99. The number of nitrogens with one attached hydrogen (secondary N) is 1. The highest BCUT2D eigenvalue weighted by atomic mass is 32.2. The lowest BCUT2D eigenvalue weighted by Crippen LogP contribution is -2.43. The van der Waals surface area contributed by atoms with E-state index < -0.39 is 15.9 Å². The number of hydrogen-bond acceptors (Lipinski definition) is 8. The number of carbonyl (C=O) groups excluding carboxylic acids is 1. The molecule has 2 aromatic heterocycles. The molecule has 0 aromatic carbocycles. The van der Waals surface area contributed by atoms with Crippen molar-refractivity contribution in [2.75, 3.05) is 18.4 Å². The number of aromatic nitrogens is 3. The van der Waals surface area contributed by atoms with Gasteiger partial charge in [0.2, 0.25) is 21.1 Å². The monoisotopic (exact) mass is 399 g/mol. The Morgan fingerprint density at radius 1 is 1.38 bits per heavy atom. The quantitative estimate of drug-likeness (QED) is 0.813. The van der Waals surface area contributed by atoms with Crippen LogP contribution < -0.4 is 5.32 Å². The van der Waals surface area contributed by atoms with Gasteiger partial charge in [-0.25, -0.2) is 8.42 Å². The minimum absolute atomic E-state index is 0.0928. The topological polar surface area (TPSA) is 118 Å². The largest absolute Gasteiger partial charge is 0.360 e. The van der Waals surface area contributed by atoms with Crippen molar-refractivity contribution in [1.82, 2.24) is 19.7 Å². The van der Waals surface area contributed by atoms with E-state index in [0.717, 1.165) is 11.4 Å². The summed E-state index contributed by atoms with van der Waals surface area (Å²) in [6, 6.07) is 0. The third-order valence-corrected chi connectivity index (χ3v) is 7.41. The van der Waals surface area contributed by atoms with Crippen molar-refractivity contribution in [2.24, 2.45) is 5.92 Å². The second-order valence-corrected chi connectivity index (χ2v) is 9.14. The molecule has 1 amide bonds. The molecule has 1 atom stereocenters. The van der Waals surface area contributed by atoms with Gasteiger partial charge in [0.15, 0.2) is 5.76 Å². The average molecular weight is 399 g/mol. The molecule has 0 saturated carbocycles. The number of sulfonamides is 1. The summed E-state index contributed by atoms with van der Waals surface area (Å²) in [5, 5.41) is 15.7. The van der Waals surface area contributed by atoms with Crippen LogP contribution in [0.1, 0.15) is 36.2 Å². The molecule has 11 heteroatoms. The number of anilines is 1. The number of amides is 1. The summed E-state index contributed by atoms with van der Waals surface area (Å²) in [5.41, 5.74) is 0.329. The van der Waals surface area contributed by atoms with Crippen molar-refractivity contribution in [3.8, 4) is 0 Å². The zero-order chi connectivity index (χ0) is 18.9. The fourth-order valence-corrected chi connectivity index (χ4v) is 5.50. The van der Waals surface area contributed by atoms with E-state index in [9.17, 15) is 13.2 Å². The second kappa shape index (κ2) is 7.41. The fraction of sp³-hybridized carbons (Fsp3) is 0.600. The normalized spacial score (nSPS) is 18.8. The molecule has 0 bridgehead atoms. The van der Waals surface area contributed by atoms with E-state index in [-0.39, 0.29) is 23.1 Å². The maximum absolute atomic E-state index is 12.9. The van der Waals surface area contributed by atoms with Crippen LogP contribution in [0.2, 0.25) is 0 Å². The Labute approximate surface area is 155 Å². The molecule has 1 unspecified atom stereocenters. The Kier molecular flexibility index (Phi) is 5.39. The first-order chi connectivity index (χ1) is 12.3. The highest BCUT2D eigenvalue weighted by molar-refractivity contribution is 7.89. The minimum atomic E-state index is -3.75. The molecule has 1 saturated heterocycles. The zero-order valence-electron chi connectivity index (χ0n) is 14.9. The first kappa shape index (κ1) is 18.9. The van der Waals surface area contributed by atoms with E-state index in [0.29, 0.717) is 30.2 Å². The molecule has 0 aliphatic carbocycles. The first-order valence-electron chi connectivity index (χ1n) is 8.39. The van der Waals surface area contributed by atoms with Crippen LogP contribution in [0.25, 0.3) is 0 Å². The Morgan fingerprint density at radius 3 is 2.77 bits per heavy atom. The molecular weight excluding hydrogens is 378 g/mol. The lowest BCUT2D eigenvalue weighted by molar-refractivity contribution is -0.120. The molecule has 1 aliphatic rings. The molecule has 3 heterocycles. The molecule has 0 spiro atoms. The number of rotatable bonds is 5. The summed E-state index contributed by atoms with van der Waals surface area (Å²) in [7, 11) is -3.75. The van der Waals surface area contributed by atoms with Crippen molar-refractivity contribution in [3.63, 3.8) is 0 Å². The van der Waals surface area contributed by atoms with Crippen LogP contribution in [-0.2, 0) is 21.2 Å². The van der Waals surface area contributed by atoms with Crippen LogP contribution in [-0.4, -0.2) is 47.1 Å². The smallest absolute Gasteiger partial charge is 0.248 e. The zero-order valence-corrected chi connectivity index (χ0v) is 16.5. The van der Waals surface area contributed by atoms with Gasteiger partial charge in [-0.3, -0.25) is 4.79 Å². The van der Waals surface area contributed by atoms with Crippen molar-refractivity contribution in [1.29, 1.82) is 0 Å². The van der Waals surface area contributed by atoms with Crippen LogP contribution in [0, 0.1) is 19.8 Å². The van der Waals surface area contributed by atoms with Gasteiger partial charge in [0.1, 0.15) is 15.6 Å². The maximum Gasteiger partial charge on any atom is 0.248 e. The van der Waals surface area contributed by atoms with Crippen LogP contribution >= 0.6 is 11.3 Å². The SMILES string of the molecule is CCc1nnc(NC(=O)C2CCCN(S(=O)(=O)c3c(C)noc3C)C2)s1. The van der Waals surface area contributed by atoms with Gasteiger partial charge in [-0.2, -0.15) is 4.31 Å². The van der Waals surface area contributed by atoms with Gasteiger partial charge in [-0.05, 0) is 33.1 Å². The van der Waals surface area contributed by atoms with Crippen molar-refractivity contribution in [2.45, 2.75) is 44.9 Å². The number of nitrogens with zero attached hydrogens (tertiary/aromatic N) is 4.